The number of aryl methyl sites for hydroxylation is 1. The Morgan fingerprint density at radius 3 is 2.37 bits per heavy atom. The lowest BCUT2D eigenvalue weighted by atomic mass is 10.1. The van der Waals surface area contributed by atoms with Gasteiger partial charge in [-0.15, -0.1) is 0 Å². The van der Waals surface area contributed by atoms with E-state index < -0.39 is 0 Å². The van der Waals surface area contributed by atoms with Gasteiger partial charge in [0.1, 0.15) is 0 Å². The number of rotatable bonds is 4. The Labute approximate surface area is 112 Å². The first-order valence-corrected chi connectivity index (χ1v) is 6.24. The highest BCUT2D eigenvalue weighted by atomic mass is 16.3. The second-order valence-electron chi connectivity index (χ2n) is 4.42. The molecule has 19 heavy (non-hydrogen) atoms. The molecule has 3 heteroatoms. The zero-order valence-corrected chi connectivity index (χ0v) is 10.9. The molecule has 0 saturated carbocycles. The fourth-order valence-electron chi connectivity index (χ4n) is 1.98. The van der Waals surface area contributed by atoms with Crippen LogP contribution in [0.2, 0.25) is 0 Å². The van der Waals surface area contributed by atoms with E-state index in [4.69, 9.17) is 0 Å². The summed E-state index contributed by atoms with van der Waals surface area (Å²) in [4.78, 5) is 12.1. The monoisotopic (exact) mass is 255 g/mol. The van der Waals surface area contributed by atoms with Crippen molar-refractivity contribution >= 4 is 5.91 Å². The molecule has 0 aromatic heterocycles. The Balaban J connectivity index is 2.07. The zero-order chi connectivity index (χ0) is 13.7. The van der Waals surface area contributed by atoms with Crippen molar-refractivity contribution in [3.8, 4) is 0 Å². The molecule has 2 rings (SSSR count). The van der Waals surface area contributed by atoms with Crippen molar-refractivity contribution in [2.24, 2.45) is 0 Å². The first-order valence-electron chi connectivity index (χ1n) is 6.24. The largest absolute Gasteiger partial charge is 0.392 e. The maximum Gasteiger partial charge on any atom is 0.251 e. The van der Waals surface area contributed by atoms with E-state index in [0.29, 0.717) is 12.1 Å². The van der Waals surface area contributed by atoms with Gasteiger partial charge in [0.15, 0.2) is 0 Å². The standard InChI is InChI=1S/C16H17NO2/c1-12-6-2-5-9-15(12)16(19)17-10-13-7-3-4-8-14(13)11-18/h2-9,18H,10-11H2,1H3,(H,17,19). The minimum atomic E-state index is -0.0918. The molecule has 2 N–H and O–H groups in total. The zero-order valence-electron chi connectivity index (χ0n) is 10.9. The second-order valence-corrected chi connectivity index (χ2v) is 4.42. The molecule has 0 atom stereocenters. The molecule has 0 aliphatic rings. The van der Waals surface area contributed by atoms with Crippen LogP contribution < -0.4 is 5.32 Å². The van der Waals surface area contributed by atoms with Gasteiger partial charge < -0.3 is 10.4 Å². The fraction of sp³-hybridized carbons (Fsp3) is 0.188. The number of carbonyl (C=O) groups excluding carboxylic acids is 1. The van der Waals surface area contributed by atoms with Gasteiger partial charge in [-0.05, 0) is 29.7 Å². The Morgan fingerprint density at radius 2 is 1.68 bits per heavy atom. The average Bonchev–Trinajstić information content (AvgIpc) is 2.45. The van der Waals surface area contributed by atoms with Crippen LogP contribution in [-0.2, 0) is 13.2 Å². The van der Waals surface area contributed by atoms with Crippen LogP contribution in [0, 0.1) is 6.92 Å². The fourth-order valence-corrected chi connectivity index (χ4v) is 1.98. The summed E-state index contributed by atoms with van der Waals surface area (Å²) in [5.74, 6) is -0.0918. The Hall–Kier alpha value is -2.13. The highest BCUT2D eigenvalue weighted by Crippen LogP contribution is 2.10. The van der Waals surface area contributed by atoms with Gasteiger partial charge in [0.2, 0.25) is 0 Å². The highest BCUT2D eigenvalue weighted by molar-refractivity contribution is 5.95. The number of aliphatic hydroxyl groups excluding tert-OH is 1. The summed E-state index contributed by atoms with van der Waals surface area (Å²) in [5.41, 5.74) is 3.42. The van der Waals surface area contributed by atoms with Crippen LogP contribution in [0.5, 0.6) is 0 Å². The smallest absolute Gasteiger partial charge is 0.251 e. The first kappa shape index (κ1) is 13.3. The highest BCUT2D eigenvalue weighted by Gasteiger charge is 2.08. The summed E-state index contributed by atoms with van der Waals surface area (Å²) >= 11 is 0. The molecule has 2 aromatic carbocycles. The third-order valence-corrected chi connectivity index (χ3v) is 3.12. The van der Waals surface area contributed by atoms with Gasteiger partial charge in [0, 0.05) is 12.1 Å². The number of carbonyl (C=O) groups is 1. The molecule has 0 aliphatic carbocycles. The molecule has 0 bridgehead atoms. The van der Waals surface area contributed by atoms with Gasteiger partial charge in [-0.1, -0.05) is 42.5 Å². The van der Waals surface area contributed by atoms with Crippen molar-refractivity contribution in [3.63, 3.8) is 0 Å². The van der Waals surface area contributed by atoms with E-state index in [1.165, 1.54) is 0 Å². The predicted octanol–water partition coefficient (Wildman–Crippen LogP) is 2.42. The molecular weight excluding hydrogens is 238 g/mol. The summed E-state index contributed by atoms with van der Waals surface area (Å²) in [6.07, 6.45) is 0. The van der Waals surface area contributed by atoms with Crippen LogP contribution in [0.25, 0.3) is 0 Å². The van der Waals surface area contributed by atoms with Crippen molar-refractivity contribution in [2.75, 3.05) is 0 Å². The lowest BCUT2D eigenvalue weighted by Gasteiger charge is -2.10. The van der Waals surface area contributed by atoms with Crippen LogP contribution in [-0.4, -0.2) is 11.0 Å². The van der Waals surface area contributed by atoms with Crippen LogP contribution in [0.3, 0.4) is 0 Å². The maximum absolute atomic E-state index is 12.1. The Morgan fingerprint density at radius 1 is 1.05 bits per heavy atom. The number of benzene rings is 2. The molecule has 0 unspecified atom stereocenters. The van der Waals surface area contributed by atoms with Crippen molar-refractivity contribution in [1.29, 1.82) is 0 Å². The molecular formula is C16H17NO2. The molecule has 98 valence electrons. The summed E-state index contributed by atoms with van der Waals surface area (Å²) < 4.78 is 0. The Bertz CT molecular complexity index is 578. The molecule has 0 fully saturated rings. The lowest BCUT2D eigenvalue weighted by molar-refractivity contribution is 0.0950. The molecule has 1 amide bonds. The quantitative estimate of drug-likeness (QED) is 0.881. The van der Waals surface area contributed by atoms with Crippen LogP contribution in [0.4, 0.5) is 0 Å². The predicted molar refractivity (Wildman–Crippen MR) is 74.7 cm³/mol. The Kier molecular flexibility index (Phi) is 4.31. The van der Waals surface area contributed by atoms with E-state index in [1.54, 1.807) is 0 Å². The molecule has 0 radical (unpaired) electrons. The number of nitrogens with one attached hydrogen (secondary N) is 1. The van der Waals surface area contributed by atoms with Gasteiger partial charge in [-0.2, -0.15) is 0 Å². The number of aliphatic hydroxyl groups is 1. The molecule has 0 aliphatic heterocycles. The molecule has 2 aromatic rings. The van der Waals surface area contributed by atoms with E-state index in [-0.39, 0.29) is 12.5 Å². The summed E-state index contributed by atoms with van der Waals surface area (Å²) in [6, 6.07) is 15.0. The van der Waals surface area contributed by atoms with Crippen molar-refractivity contribution in [2.45, 2.75) is 20.1 Å². The average molecular weight is 255 g/mol. The summed E-state index contributed by atoms with van der Waals surface area (Å²) in [5, 5.41) is 12.1. The number of hydrogen-bond acceptors (Lipinski definition) is 2. The van der Waals surface area contributed by atoms with E-state index in [2.05, 4.69) is 5.32 Å². The normalized spacial score (nSPS) is 10.2. The summed E-state index contributed by atoms with van der Waals surface area (Å²) in [6.45, 7) is 2.32. The molecule has 3 nitrogen and oxygen atoms in total. The molecule has 0 heterocycles. The van der Waals surface area contributed by atoms with Crippen molar-refractivity contribution in [3.05, 3.63) is 70.8 Å². The van der Waals surface area contributed by atoms with Crippen LogP contribution in [0.1, 0.15) is 27.0 Å². The van der Waals surface area contributed by atoms with E-state index in [0.717, 1.165) is 16.7 Å². The maximum atomic E-state index is 12.1. The van der Waals surface area contributed by atoms with Gasteiger partial charge in [0.05, 0.1) is 6.61 Å². The topological polar surface area (TPSA) is 49.3 Å². The number of hydrogen-bond donors (Lipinski definition) is 2. The van der Waals surface area contributed by atoms with Crippen molar-refractivity contribution in [1.82, 2.24) is 5.32 Å². The van der Waals surface area contributed by atoms with E-state index >= 15 is 0 Å². The number of amides is 1. The third-order valence-electron chi connectivity index (χ3n) is 3.12. The van der Waals surface area contributed by atoms with Crippen LogP contribution >= 0.6 is 0 Å². The van der Waals surface area contributed by atoms with Crippen LogP contribution in [0.15, 0.2) is 48.5 Å². The van der Waals surface area contributed by atoms with Gasteiger partial charge in [0.25, 0.3) is 5.91 Å². The SMILES string of the molecule is Cc1ccccc1C(=O)NCc1ccccc1CO. The minimum Gasteiger partial charge on any atom is -0.392 e. The van der Waals surface area contributed by atoms with E-state index in [1.807, 2.05) is 55.5 Å². The molecule has 0 saturated heterocycles. The minimum absolute atomic E-state index is 0.0175. The van der Waals surface area contributed by atoms with Gasteiger partial charge in [-0.3, -0.25) is 4.79 Å². The summed E-state index contributed by atoms with van der Waals surface area (Å²) in [7, 11) is 0. The van der Waals surface area contributed by atoms with Gasteiger partial charge >= 0.3 is 0 Å². The van der Waals surface area contributed by atoms with Crippen molar-refractivity contribution < 1.29 is 9.90 Å². The van der Waals surface area contributed by atoms with E-state index in [9.17, 15) is 9.90 Å². The second kappa shape index (κ2) is 6.16. The van der Waals surface area contributed by atoms with Gasteiger partial charge in [-0.25, -0.2) is 0 Å². The third kappa shape index (κ3) is 3.20. The molecule has 0 spiro atoms. The first-order chi connectivity index (χ1) is 9.22. The lowest BCUT2D eigenvalue weighted by Crippen LogP contribution is -2.24.